The third-order valence-electron chi connectivity index (χ3n) is 4.95. The number of carboxylic acid groups (broad SMARTS) is 1. The number of nitrogens with zero attached hydrogens (tertiary/aromatic N) is 3. The lowest BCUT2D eigenvalue weighted by Crippen LogP contribution is -2.50. The molecule has 1 aromatic heterocycles. The van der Waals surface area contributed by atoms with E-state index in [1.54, 1.807) is 0 Å². The second-order valence-corrected chi connectivity index (χ2v) is 6.25. The van der Waals surface area contributed by atoms with Crippen LogP contribution in [0.2, 0.25) is 0 Å². The zero-order valence-electron chi connectivity index (χ0n) is 13.4. The third kappa shape index (κ3) is 3.02. The van der Waals surface area contributed by atoms with Crippen molar-refractivity contribution >= 4 is 17.7 Å². The van der Waals surface area contributed by atoms with Crippen LogP contribution in [0.4, 0.5) is 5.82 Å². The van der Waals surface area contributed by atoms with Crippen LogP contribution >= 0.6 is 0 Å². The number of carboxylic acids is 1. The molecular weight excluding hydrogens is 294 g/mol. The number of likely N-dealkylation sites (tertiary alicyclic amines) is 1. The summed E-state index contributed by atoms with van der Waals surface area (Å²) in [6.07, 6.45) is 3.57. The van der Waals surface area contributed by atoms with Crippen LogP contribution in [-0.2, 0) is 9.59 Å². The van der Waals surface area contributed by atoms with Gasteiger partial charge in [0.15, 0.2) is 0 Å². The van der Waals surface area contributed by atoms with E-state index in [1.807, 2.05) is 17.2 Å². The molecule has 0 bridgehead atoms. The Bertz CT molecular complexity index is 580. The van der Waals surface area contributed by atoms with Crippen molar-refractivity contribution in [3.63, 3.8) is 0 Å². The van der Waals surface area contributed by atoms with Crippen LogP contribution in [0.25, 0.3) is 0 Å². The zero-order valence-corrected chi connectivity index (χ0v) is 13.4. The van der Waals surface area contributed by atoms with Gasteiger partial charge in [-0.25, -0.2) is 4.98 Å². The highest BCUT2D eigenvalue weighted by Crippen LogP contribution is 2.43. The van der Waals surface area contributed by atoms with Crippen LogP contribution in [0.3, 0.4) is 0 Å². The number of pyridine rings is 1. The predicted octanol–water partition coefficient (Wildman–Crippen LogP) is 1.86. The van der Waals surface area contributed by atoms with Gasteiger partial charge in [0.2, 0.25) is 5.91 Å². The summed E-state index contributed by atoms with van der Waals surface area (Å²) < 4.78 is 0. The molecule has 2 aliphatic heterocycles. The number of amides is 1. The fraction of sp³-hybridized carbons (Fsp3) is 0.588. The van der Waals surface area contributed by atoms with Crippen molar-refractivity contribution in [3.05, 3.63) is 23.9 Å². The van der Waals surface area contributed by atoms with Crippen molar-refractivity contribution in [1.29, 1.82) is 0 Å². The Hall–Kier alpha value is -2.11. The summed E-state index contributed by atoms with van der Waals surface area (Å²) >= 11 is 0. The first-order chi connectivity index (χ1) is 11.1. The van der Waals surface area contributed by atoms with Gasteiger partial charge in [0.1, 0.15) is 5.82 Å². The summed E-state index contributed by atoms with van der Waals surface area (Å²) in [7, 11) is 0. The average molecular weight is 317 g/mol. The number of fused-ring (bicyclic) bond motifs is 3. The Kier molecular flexibility index (Phi) is 4.50. The SMILES string of the molecule is CCN1c2ncccc2C2CCN(C(=O)CCCC(=O)O)CC21. The molecule has 2 aliphatic rings. The van der Waals surface area contributed by atoms with Gasteiger partial charge >= 0.3 is 5.97 Å². The molecule has 6 heteroatoms. The number of carbonyl (C=O) groups excluding carboxylic acids is 1. The van der Waals surface area contributed by atoms with Gasteiger partial charge < -0.3 is 14.9 Å². The Labute approximate surface area is 136 Å². The first-order valence-electron chi connectivity index (χ1n) is 8.33. The number of aromatic nitrogens is 1. The van der Waals surface area contributed by atoms with Crippen LogP contribution < -0.4 is 4.90 Å². The molecule has 0 aliphatic carbocycles. The summed E-state index contributed by atoms with van der Waals surface area (Å²) in [5.41, 5.74) is 1.30. The summed E-state index contributed by atoms with van der Waals surface area (Å²) in [5.74, 6) is 0.738. The minimum Gasteiger partial charge on any atom is -0.481 e. The lowest BCUT2D eigenvalue weighted by molar-refractivity contribution is -0.137. The van der Waals surface area contributed by atoms with E-state index in [2.05, 4.69) is 22.9 Å². The normalized spacial score (nSPS) is 22.7. The molecule has 124 valence electrons. The molecule has 3 heterocycles. The number of rotatable bonds is 5. The number of hydrogen-bond donors (Lipinski definition) is 1. The maximum absolute atomic E-state index is 12.3. The standard InChI is InChI=1S/C17H23N3O3/c1-2-20-14-11-19(15(21)6-3-7-16(22)23)10-8-12(14)13-5-4-9-18-17(13)20/h4-5,9,12,14H,2-3,6-8,10-11H2,1H3,(H,22,23). The quantitative estimate of drug-likeness (QED) is 0.897. The van der Waals surface area contributed by atoms with Crippen molar-refractivity contribution in [1.82, 2.24) is 9.88 Å². The molecular formula is C17H23N3O3. The summed E-state index contributed by atoms with van der Waals surface area (Å²) in [5, 5.41) is 8.69. The number of likely N-dealkylation sites (N-methyl/N-ethyl adjacent to an activating group) is 1. The van der Waals surface area contributed by atoms with E-state index in [0.29, 0.717) is 31.3 Å². The van der Waals surface area contributed by atoms with Crippen LogP contribution in [0.1, 0.15) is 44.1 Å². The molecule has 23 heavy (non-hydrogen) atoms. The molecule has 0 spiro atoms. The minimum absolute atomic E-state index is 0.0576. The van der Waals surface area contributed by atoms with Crippen LogP contribution in [0.15, 0.2) is 18.3 Å². The van der Waals surface area contributed by atoms with Crippen molar-refractivity contribution in [2.24, 2.45) is 0 Å². The lowest BCUT2D eigenvalue weighted by Gasteiger charge is -2.39. The Morgan fingerprint density at radius 3 is 2.96 bits per heavy atom. The van der Waals surface area contributed by atoms with E-state index in [4.69, 9.17) is 5.11 Å². The molecule has 0 saturated carbocycles. The lowest BCUT2D eigenvalue weighted by atomic mass is 9.88. The number of carbonyl (C=O) groups is 2. The summed E-state index contributed by atoms with van der Waals surface area (Å²) in [6, 6.07) is 4.43. The van der Waals surface area contributed by atoms with Gasteiger partial charge in [-0.2, -0.15) is 0 Å². The Balaban J connectivity index is 1.67. The predicted molar refractivity (Wildman–Crippen MR) is 86.5 cm³/mol. The van der Waals surface area contributed by atoms with Gasteiger partial charge in [0.05, 0.1) is 6.04 Å². The molecule has 1 amide bonds. The summed E-state index contributed by atoms with van der Waals surface area (Å²) in [6.45, 7) is 4.46. The minimum atomic E-state index is -0.842. The molecule has 1 fully saturated rings. The van der Waals surface area contributed by atoms with Gasteiger partial charge in [-0.1, -0.05) is 6.07 Å². The van der Waals surface area contributed by atoms with E-state index in [-0.39, 0.29) is 12.3 Å². The molecule has 1 saturated heterocycles. The van der Waals surface area contributed by atoms with Crippen molar-refractivity contribution < 1.29 is 14.7 Å². The molecule has 2 atom stereocenters. The van der Waals surface area contributed by atoms with Gasteiger partial charge in [0, 0.05) is 44.6 Å². The van der Waals surface area contributed by atoms with E-state index >= 15 is 0 Å². The first kappa shape index (κ1) is 15.8. The van der Waals surface area contributed by atoms with Crippen LogP contribution in [0.5, 0.6) is 0 Å². The van der Waals surface area contributed by atoms with E-state index in [0.717, 1.165) is 25.3 Å². The smallest absolute Gasteiger partial charge is 0.303 e. The average Bonchev–Trinajstić information content (AvgIpc) is 2.87. The maximum atomic E-state index is 12.3. The van der Waals surface area contributed by atoms with Gasteiger partial charge in [0.25, 0.3) is 0 Å². The largest absolute Gasteiger partial charge is 0.481 e. The fourth-order valence-electron chi connectivity index (χ4n) is 3.87. The maximum Gasteiger partial charge on any atom is 0.303 e. The third-order valence-corrected chi connectivity index (χ3v) is 4.95. The van der Waals surface area contributed by atoms with Crippen molar-refractivity contribution in [3.8, 4) is 0 Å². The van der Waals surface area contributed by atoms with Gasteiger partial charge in [-0.3, -0.25) is 9.59 Å². The highest BCUT2D eigenvalue weighted by molar-refractivity contribution is 5.77. The molecule has 2 unspecified atom stereocenters. The van der Waals surface area contributed by atoms with E-state index in [1.165, 1.54) is 5.56 Å². The zero-order chi connectivity index (χ0) is 16.4. The number of piperidine rings is 1. The number of hydrogen-bond acceptors (Lipinski definition) is 4. The number of anilines is 1. The second-order valence-electron chi connectivity index (χ2n) is 6.25. The summed E-state index contributed by atoms with van der Waals surface area (Å²) in [4.78, 5) is 31.6. The van der Waals surface area contributed by atoms with Crippen LogP contribution in [-0.4, -0.2) is 52.5 Å². The second kappa shape index (κ2) is 6.56. The van der Waals surface area contributed by atoms with Gasteiger partial charge in [-0.05, 0) is 31.4 Å². The fourth-order valence-corrected chi connectivity index (χ4v) is 3.87. The van der Waals surface area contributed by atoms with Gasteiger partial charge in [-0.15, -0.1) is 0 Å². The molecule has 6 nitrogen and oxygen atoms in total. The molecule has 3 rings (SSSR count). The van der Waals surface area contributed by atoms with E-state index in [9.17, 15) is 9.59 Å². The van der Waals surface area contributed by atoms with Crippen molar-refractivity contribution in [2.45, 2.75) is 44.6 Å². The highest BCUT2D eigenvalue weighted by Gasteiger charge is 2.42. The highest BCUT2D eigenvalue weighted by atomic mass is 16.4. The van der Waals surface area contributed by atoms with Crippen LogP contribution in [0, 0.1) is 0 Å². The topological polar surface area (TPSA) is 73.7 Å². The molecule has 1 aromatic rings. The molecule has 0 radical (unpaired) electrons. The Morgan fingerprint density at radius 1 is 1.39 bits per heavy atom. The number of aliphatic carboxylic acids is 1. The van der Waals surface area contributed by atoms with E-state index < -0.39 is 5.97 Å². The Morgan fingerprint density at radius 2 is 2.22 bits per heavy atom. The van der Waals surface area contributed by atoms with Crippen molar-refractivity contribution in [2.75, 3.05) is 24.5 Å². The molecule has 0 aromatic carbocycles. The first-order valence-corrected chi connectivity index (χ1v) is 8.33. The molecule has 1 N–H and O–H groups in total. The monoisotopic (exact) mass is 317 g/mol.